The van der Waals surface area contributed by atoms with Gasteiger partial charge in [0, 0.05) is 25.6 Å². The number of hydrogen-bond acceptors (Lipinski definition) is 8. The Morgan fingerprint density at radius 3 is 2.75 bits per heavy atom. The predicted molar refractivity (Wildman–Crippen MR) is 121 cm³/mol. The first-order valence-corrected chi connectivity index (χ1v) is 13.6. The molecule has 2 aromatic rings. The Balaban J connectivity index is 1.51. The Bertz CT molecular complexity index is 1230. The second kappa shape index (κ2) is 8.93. The number of amides is 1. The van der Waals surface area contributed by atoms with Gasteiger partial charge in [0.2, 0.25) is 0 Å². The Kier molecular flexibility index (Phi) is 6.39. The van der Waals surface area contributed by atoms with Crippen LogP contribution >= 0.6 is 11.3 Å². The van der Waals surface area contributed by atoms with Crippen molar-refractivity contribution in [2.75, 3.05) is 24.7 Å². The molecule has 1 amide bonds. The summed E-state index contributed by atoms with van der Waals surface area (Å²) in [6, 6.07) is -0.387. The molecule has 9 nitrogen and oxygen atoms in total. The van der Waals surface area contributed by atoms with Crippen molar-refractivity contribution >= 4 is 43.3 Å². The maximum Gasteiger partial charge on any atom is 0.349 e. The summed E-state index contributed by atoms with van der Waals surface area (Å²) in [5.74, 6) is -0.341. The van der Waals surface area contributed by atoms with Crippen molar-refractivity contribution < 1.29 is 22.7 Å². The molecule has 11 heteroatoms. The van der Waals surface area contributed by atoms with Crippen LogP contribution in [0.15, 0.2) is 4.79 Å². The van der Waals surface area contributed by atoms with Crippen LogP contribution in [0.3, 0.4) is 0 Å². The molecule has 0 aliphatic carbocycles. The molecule has 0 aromatic carbocycles. The smallest absolute Gasteiger partial charge is 0.349 e. The van der Waals surface area contributed by atoms with Gasteiger partial charge in [0.05, 0.1) is 16.9 Å². The molecule has 0 saturated carbocycles. The minimum atomic E-state index is -3.13. The van der Waals surface area contributed by atoms with Crippen molar-refractivity contribution in [3.63, 3.8) is 0 Å². The van der Waals surface area contributed by atoms with Gasteiger partial charge in [0.1, 0.15) is 15.5 Å². The summed E-state index contributed by atoms with van der Waals surface area (Å²) in [6.45, 7) is 3.96. The first-order chi connectivity index (χ1) is 15.2. The predicted octanol–water partition coefficient (Wildman–Crippen LogP) is 1.69. The van der Waals surface area contributed by atoms with Crippen molar-refractivity contribution in [1.29, 1.82) is 0 Å². The number of hydrogen-bond donors (Lipinski definition) is 0. The SMILES string of the molecule is CCN(C(=O)COC(=O)c1sc2nc3n(c(=O)c2c1C)CCCCC3)C1CCS(=O)(=O)C1. The first kappa shape index (κ1) is 22.9. The molecule has 0 bridgehead atoms. The third kappa shape index (κ3) is 4.32. The van der Waals surface area contributed by atoms with Gasteiger partial charge in [-0.1, -0.05) is 6.42 Å². The average molecular weight is 482 g/mol. The Labute approximate surface area is 190 Å². The molecular weight excluding hydrogens is 454 g/mol. The highest BCUT2D eigenvalue weighted by atomic mass is 32.2. The van der Waals surface area contributed by atoms with Gasteiger partial charge in [-0.25, -0.2) is 18.2 Å². The van der Waals surface area contributed by atoms with Gasteiger partial charge in [0.15, 0.2) is 16.4 Å². The number of esters is 1. The number of thiophene rings is 1. The van der Waals surface area contributed by atoms with Crippen LogP contribution in [0.4, 0.5) is 0 Å². The highest BCUT2D eigenvalue weighted by Crippen LogP contribution is 2.29. The number of sulfone groups is 1. The highest BCUT2D eigenvalue weighted by molar-refractivity contribution is 7.91. The average Bonchev–Trinajstić information content (AvgIpc) is 3.15. The van der Waals surface area contributed by atoms with E-state index in [2.05, 4.69) is 4.98 Å². The molecule has 2 aromatic heterocycles. The molecule has 2 aliphatic rings. The number of ether oxygens (including phenoxy) is 1. The fourth-order valence-corrected chi connectivity index (χ4v) is 7.35. The van der Waals surface area contributed by atoms with Crippen molar-refractivity contribution in [3.8, 4) is 0 Å². The van der Waals surface area contributed by atoms with Crippen molar-refractivity contribution in [3.05, 3.63) is 26.6 Å². The fraction of sp³-hybridized carbons (Fsp3) is 0.619. The Morgan fingerprint density at radius 2 is 2.06 bits per heavy atom. The maximum absolute atomic E-state index is 13.0. The lowest BCUT2D eigenvalue weighted by atomic mass is 10.2. The van der Waals surface area contributed by atoms with Crippen LogP contribution < -0.4 is 5.56 Å². The minimum absolute atomic E-state index is 0.0593. The lowest BCUT2D eigenvalue weighted by Crippen LogP contribution is -2.43. The van der Waals surface area contributed by atoms with Crippen LogP contribution in [0, 0.1) is 6.92 Å². The van der Waals surface area contributed by atoms with Crippen LogP contribution in [0.1, 0.15) is 53.7 Å². The van der Waals surface area contributed by atoms with E-state index < -0.39 is 28.3 Å². The molecular formula is C21H27N3O6S2. The van der Waals surface area contributed by atoms with Crippen LogP contribution in [-0.4, -0.2) is 65.4 Å². The van der Waals surface area contributed by atoms with E-state index in [1.54, 1.807) is 18.4 Å². The number of aromatic nitrogens is 2. The van der Waals surface area contributed by atoms with Crippen molar-refractivity contribution in [1.82, 2.24) is 14.5 Å². The summed E-state index contributed by atoms with van der Waals surface area (Å²) < 4.78 is 30.5. The van der Waals surface area contributed by atoms with Gasteiger partial charge < -0.3 is 9.64 Å². The van der Waals surface area contributed by atoms with Crippen LogP contribution in [0.25, 0.3) is 10.2 Å². The van der Waals surface area contributed by atoms with Crippen molar-refractivity contribution in [2.24, 2.45) is 0 Å². The monoisotopic (exact) mass is 481 g/mol. The summed E-state index contributed by atoms with van der Waals surface area (Å²) in [6.07, 6.45) is 4.10. The third-order valence-electron chi connectivity index (χ3n) is 6.23. The second-order valence-electron chi connectivity index (χ2n) is 8.34. The molecule has 0 N–H and O–H groups in total. The van der Waals surface area contributed by atoms with E-state index in [9.17, 15) is 22.8 Å². The molecule has 1 fully saturated rings. The van der Waals surface area contributed by atoms with Crippen LogP contribution in [0.2, 0.25) is 0 Å². The number of fused-ring (bicyclic) bond motifs is 2. The van der Waals surface area contributed by atoms with E-state index >= 15 is 0 Å². The van der Waals surface area contributed by atoms with E-state index in [0.717, 1.165) is 42.8 Å². The minimum Gasteiger partial charge on any atom is -0.451 e. The van der Waals surface area contributed by atoms with E-state index in [1.165, 1.54) is 4.90 Å². The molecule has 174 valence electrons. The third-order valence-corrected chi connectivity index (χ3v) is 9.15. The van der Waals surface area contributed by atoms with Crippen LogP contribution in [-0.2, 0) is 32.3 Å². The summed E-state index contributed by atoms with van der Waals surface area (Å²) in [5.41, 5.74) is 0.393. The van der Waals surface area contributed by atoms with Crippen molar-refractivity contribution in [2.45, 2.75) is 58.5 Å². The Morgan fingerprint density at radius 1 is 1.28 bits per heavy atom. The number of nitrogens with zero attached hydrogens (tertiary/aromatic N) is 3. The number of aryl methyl sites for hydroxylation is 2. The quantitative estimate of drug-likeness (QED) is 0.597. The van der Waals surface area contributed by atoms with Gasteiger partial charge in [-0.05, 0) is 38.7 Å². The number of carbonyl (C=O) groups is 2. The standard InChI is InChI=1S/C21H27N3O6S2/c1-3-23(14-8-10-32(28,29)12-14)16(25)11-30-21(27)18-13(2)17-19(31-18)22-15-7-5-4-6-9-24(15)20(17)26/h14H,3-12H2,1-2H3. The number of rotatable bonds is 5. The highest BCUT2D eigenvalue weighted by Gasteiger charge is 2.34. The molecule has 32 heavy (non-hydrogen) atoms. The summed E-state index contributed by atoms with van der Waals surface area (Å²) in [5, 5.41) is 0.435. The summed E-state index contributed by atoms with van der Waals surface area (Å²) >= 11 is 1.11. The van der Waals surface area contributed by atoms with E-state index in [0.29, 0.717) is 35.3 Å². The largest absolute Gasteiger partial charge is 0.451 e. The van der Waals surface area contributed by atoms with Gasteiger partial charge in [-0.15, -0.1) is 11.3 Å². The Hall–Kier alpha value is -2.27. The molecule has 0 spiro atoms. The normalized spacial score (nSPS) is 20.0. The molecule has 2 aliphatic heterocycles. The molecule has 4 rings (SSSR count). The zero-order valence-corrected chi connectivity index (χ0v) is 19.9. The maximum atomic E-state index is 13.0. The lowest BCUT2D eigenvalue weighted by Gasteiger charge is -2.26. The van der Waals surface area contributed by atoms with E-state index in [4.69, 9.17) is 4.74 Å². The van der Waals surface area contributed by atoms with Crippen LogP contribution in [0.5, 0.6) is 0 Å². The molecule has 1 saturated heterocycles. The zero-order chi connectivity index (χ0) is 23.0. The second-order valence-corrected chi connectivity index (χ2v) is 11.6. The summed E-state index contributed by atoms with van der Waals surface area (Å²) in [7, 11) is -3.13. The van der Waals surface area contributed by atoms with Gasteiger partial charge in [-0.3, -0.25) is 14.2 Å². The number of carbonyl (C=O) groups excluding carboxylic acids is 2. The van der Waals surface area contributed by atoms with Gasteiger partial charge in [-0.2, -0.15) is 0 Å². The van der Waals surface area contributed by atoms with Gasteiger partial charge >= 0.3 is 5.97 Å². The fourth-order valence-electron chi connectivity index (χ4n) is 4.54. The summed E-state index contributed by atoms with van der Waals surface area (Å²) in [4.78, 5) is 45.3. The molecule has 1 unspecified atom stereocenters. The molecule has 0 radical (unpaired) electrons. The van der Waals surface area contributed by atoms with E-state index in [1.807, 2.05) is 0 Å². The van der Waals surface area contributed by atoms with E-state index in [-0.39, 0.29) is 28.0 Å². The first-order valence-electron chi connectivity index (χ1n) is 10.9. The lowest BCUT2D eigenvalue weighted by molar-refractivity contribution is -0.136. The zero-order valence-electron chi connectivity index (χ0n) is 18.3. The van der Waals surface area contributed by atoms with Gasteiger partial charge in [0.25, 0.3) is 11.5 Å². The topological polar surface area (TPSA) is 116 Å². The molecule has 4 heterocycles. The number of likely N-dealkylation sites (N-methyl/N-ethyl adjacent to an activating group) is 1. The molecule has 1 atom stereocenters.